The molecule has 4 unspecified atom stereocenters. The van der Waals surface area contributed by atoms with Gasteiger partial charge >= 0.3 is 0 Å². The van der Waals surface area contributed by atoms with Crippen LogP contribution < -0.4 is 17.2 Å². The number of carbonyl (C=O) groups excluding carboxylic acids is 1. The van der Waals surface area contributed by atoms with E-state index in [0.29, 0.717) is 37.6 Å². The Morgan fingerprint density at radius 3 is 2.73 bits per heavy atom. The van der Waals surface area contributed by atoms with Crippen LogP contribution in [-0.4, -0.2) is 47.0 Å². The Kier molecular flexibility index (Phi) is 7.99. The van der Waals surface area contributed by atoms with Gasteiger partial charge in [-0.05, 0) is 61.3 Å². The summed E-state index contributed by atoms with van der Waals surface area (Å²) >= 11 is 0. The first-order chi connectivity index (χ1) is 13.8. The van der Waals surface area contributed by atoms with Crippen LogP contribution in [0.2, 0.25) is 0 Å². The number of carbonyl (C=O) groups is 1. The van der Waals surface area contributed by atoms with Gasteiger partial charge in [-0.15, -0.1) is 12.4 Å². The van der Waals surface area contributed by atoms with E-state index in [9.17, 15) is 9.90 Å². The number of rotatable bonds is 7. The maximum Gasteiger partial charge on any atom is 0.239 e. The third-order valence-corrected chi connectivity index (χ3v) is 7.07. The van der Waals surface area contributed by atoms with Crippen molar-refractivity contribution >= 4 is 24.3 Å². The lowest BCUT2D eigenvalue weighted by molar-refractivity contribution is -0.141. The number of benzene rings is 1. The van der Waals surface area contributed by atoms with E-state index < -0.39 is 6.04 Å². The molecule has 0 spiro atoms. The fourth-order valence-electron chi connectivity index (χ4n) is 5.70. The van der Waals surface area contributed by atoms with E-state index in [-0.39, 0.29) is 35.7 Å². The molecule has 2 bridgehead atoms. The number of halogens is 1. The number of amides is 1. The number of guanidine groups is 1. The summed E-state index contributed by atoms with van der Waals surface area (Å²) in [6, 6.07) is 5.35. The topological polar surface area (TPSA) is 131 Å². The van der Waals surface area contributed by atoms with Crippen LogP contribution in [0.1, 0.15) is 57.1 Å². The second-order valence-corrected chi connectivity index (χ2v) is 8.47. The van der Waals surface area contributed by atoms with Gasteiger partial charge in [0.2, 0.25) is 5.91 Å². The zero-order valence-corrected chi connectivity index (χ0v) is 18.8. The molecular weight excluding hydrogens is 402 g/mol. The molecular formula is C22H36ClN5O2. The quantitative estimate of drug-likeness (QED) is 0.294. The van der Waals surface area contributed by atoms with Crippen molar-refractivity contribution in [2.45, 2.75) is 69.9 Å². The van der Waals surface area contributed by atoms with E-state index in [0.717, 1.165) is 25.7 Å². The van der Waals surface area contributed by atoms with Gasteiger partial charge < -0.3 is 27.2 Å². The minimum Gasteiger partial charge on any atom is -0.508 e. The number of nitrogens with zero attached hydrogens (tertiary/aromatic N) is 2. The van der Waals surface area contributed by atoms with E-state index in [1.54, 1.807) is 6.07 Å². The largest absolute Gasteiger partial charge is 0.508 e. The molecule has 0 radical (unpaired) electrons. The molecule has 0 saturated carbocycles. The first-order valence-electron chi connectivity index (χ1n) is 10.8. The highest BCUT2D eigenvalue weighted by Gasteiger charge is 2.52. The Balaban J connectivity index is 0.00000320. The molecule has 168 valence electrons. The number of phenolic OH excluding ortho intramolecular Hbond substituents is 1. The molecule has 1 fully saturated rings. The van der Waals surface area contributed by atoms with E-state index in [1.165, 1.54) is 11.1 Å². The summed E-state index contributed by atoms with van der Waals surface area (Å²) in [5, 5.41) is 10.1. The fraction of sp³-hybridized carbons (Fsp3) is 0.636. The van der Waals surface area contributed by atoms with Crippen molar-refractivity contribution in [3.05, 3.63) is 29.3 Å². The number of likely N-dealkylation sites (tertiary alicyclic amines) is 1. The Morgan fingerprint density at radius 1 is 1.37 bits per heavy atom. The van der Waals surface area contributed by atoms with Crippen molar-refractivity contribution in [3.63, 3.8) is 0 Å². The van der Waals surface area contributed by atoms with Gasteiger partial charge in [0.1, 0.15) is 5.75 Å². The van der Waals surface area contributed by atoms with Crippen LogP contribution in [0.3, 0.4) is 0 Å². The van der Waals surface area contributed by atoms with Crippen LogP contribution in [0.5, 0.6) is 5.75 Å². The molecule has 8 heteroatoms. The lowest BCUT2D eigenvalue weighted by atomic mass is 9.55. The summed E-state index contributed by atoms with van der Waals surface area (Å²) in [4.78, 5) is 19.2. The number of aromatic hydroxyl groups is 1. The van der Waals surface area contributed by atoms with Crippen molar-refractivity contribution in [1.29, 1.82) is 0 Å². The summed E-state index contributed by atoms with van der Waals surface area (Å²) in [7, 11) is 0. The van der Waals surface area contributed by atoms with Crippen molar-refractivity contribution in [2.24, 2.45) is 28.1 Å². The van der Waals surface area contributed by atoms with Crippen molar-refractivity contribution in [2.75, 3.05) is 13.1 Å². The van der Waals surface area contributed by atoms with Gasteiger partial charge in [0.15, 0.2) is 5.96 Å². The molecule has 1 aliphatic carbocycles. The number of hydrogen-bond acceptors (Lipinski definition) is 4. The number of nitrogens with two attached hydrogens (primary N) is 3. The summed E-state index contributed by atoms with van der Waals surface area (Å²) < 4.78 is 0. The minimum absolute atomic E-state index is 0. The molecule has 1 amide bonds. The SMILES string of the molecule is CCC1C2Cc3ccc(O)cc3C1(CC)CCN2C(=O)C(N)CCCN=C(N)N.Cl. The second kappa shape index (κ2) is 9.88. The van der Waals surface area contributed by atoms with E-state index in [1.807, 2.05) is 17.0 Å². The Morgan fingerprint density at radius 2 is 2.10 bits per heavy atom. The predicted molar refractivity (Wildman–Crippen MR) is 123 cm³/mol. The maximum absolute atomic E-state index is 13.2. The highest BCUT2D eigenvalue weighted by atomic mass is 35.5. The number of piperidine rings is 1. The molecule has 3 rings (SSSR count). The average molecular weight is 438 g/mol. The first-order valence-corrected chi connectivity index (χ1v) is 10.8. The third-order valence-electron chi connectivity index (χ3n) is 7.07. The minimum atomic E-state index is -0.531. The van der Waals surface area contributed by atoms with E-state index >= 15 is 0 Å². The monoisotopic (exact) mass is 437 g/mol. The fourth-order valence-corrected chi connectivity index (χ4v) is 5.70. The predicted octanol–water partition coefficient (Wildman–Crippen LogP) is 2.03. The van der Waals surface area contributed by atoms with Crippen molar-refractivity contribution < 1.29 is 9.90 Å². The smallest absolute Gasteiger partial charge is 0.239 e. The van der Waals surface area contributed by atoms with Gasteiger partial charge in [-0.1, -0.05) is 26.3 Å². The van der Waals surface area contributed by atoms with Crippen LogP contribution in [0.25, 0.3) is 0 Å². The lowest BCUT2D eigenvalue weighted by Crippen LogP contribution is -2.63. The number of fused-ring (bicyclic) bond motifs is 4. The highest BCUT2D eigenvalue weighted by molar-refractivity contribution is 5.85. The zero-order valence-electron chi connectivity index (χ0n) is 18.0. The van der Waals surface area contributed by atoms with Crippen LogP contribution in [-0.2, 0) is 16.6 Å². The summed E-state index contributed by atoms with van der Waals surface area (Å²) in [6.45, 7) is 5.63. The standard InChI is InChI=1S/C22H35N5O2.ClH/c1-3-16-19-12-14-7-8-15(28)13-17(14)22(16,4-2)9-11-27(19)20(29)18(23)6-5-10-26-21(24)25;/h7-8,13,16,18-19,28H,3-6,9-12,23H2,1-2H3,(H4,24,25,26);1H. The summed E-state index contributed by atoms with van der Waals surface area (Å²) in [6.07, 6.45) is 4.98. The number of aliphatic imine (C=N–C) groups is 1. The maximum atomic E-state index is 13.2. The molecule has 7 nitrogen and oxygen atoms in total. The molecule has 30 heavy (non-hydrogen) atoms. The molecule has 1 aromatic carbocycles. The Hall–Kier alpha value is -1.99. The van der Waals surface area contributed by atoms with Crippen molar-refractivity contribution in [3.8, 4) is 5.75 Å². The number of phenols is 1. The summed E-state index contributed by atoms with van der Waals surface area (Å²) in [5.41, 5.74) is 19.5. The van der Waals surface area contributed by atoms with Gasteiger partial charge in [-0.25, -0.2) is 0 Å². The molecule has 7 N–H and O–H groups in total. The third kappa shape index (κ3) is 4.37. The van der Waals surface area contributed by atoms with Gasteiger partial charge in [0.05, 0.1) is 6.04 Å². The van der Waals surface area contributed by atoms with Crippen molar-refractivity contribution in [1.82, 2.24) is 4.90 Å². The van der Waals surface area contributed by atoms with Gasteiger partial charge in [0.25, 0.3) is 0 Å². The van der Waals surface area contributed by atoms with Crippen LogP contribution >= 0.6 is 12.4 Å². The zero-order chi connectivity index (χ0) is 21.2. The normalized spacial score (nSPS) is 25.6. The molecule has 0 aromatic heterocycles. The lowest BCUT2D eigenvalue weighted by Gasteiger charge is -2.57. The van der Waals surface area contributed by atoms with Crippen LogP contribution in [0, 0.1) is 5.92 Å². The number of hydrogen-bond donors (Lipinski definition) is 4. The Bertz CT molecular complexity index is 783. The van der Waals surface area contributed by atoms with E-state index in [2.05, 4.69) is 18.8 Å². The van der Waals surface area contributed by atoms with Gasteiger partial charge in [-0.2, -0.15) is 0 Å². The van der Waals surface area contributed by atoms with Gasteiger partial charge in [0, 0.05) is 24.5 Å². The second-order valence-electron chi connectivity index (χ2n) is 8.47. The molecule has 2 aliphatic rings. The van der Waals surface area contributed by atoms with E-state index in [4.69, 9.17) is 17.2 Å². The van der Waals surface area contributed by atoms with Crippen LogP contribution in [0.4, 0.5) is 0 Å². The molecule has 4 atom stereocenters. The average Bonchev–Trinajstić information content (AvgIpc) is 2.70. The molecule has 1 heterocycles. The van der Waals surface area contributed by atoms with Crippen LogP contribution in [0.15, 0.2) is 23.2 Å². The first kappa shape index (κ1) is 24.3. The molecule has 1 aromatic rings. The van der Waals surface area contributed by atoms with Gasteiger partial charge in [-0.3, -0.25) is 9.79 Å². The molecule has 1 aliphatic heterocycles. The molecule has 1 saturated heterocycles. The Labute approximate surface area is 185 Å². The summed E-state index contributed by atoms with van der Waals surface area (Å²) in [5.74, 6) is 0.791. The highest BCUT2D eigenvalue weighted by Crippen LogP contribution is 2.52.